The van der Waals surface area contributed by atoms with Gasteiger partial charge in [0.1, 0.15) is 12.0 Å². The second-order valence-electron chi connectivity index (χ2n) is 2.96. The van der Waals surface area contributed by atoms with Gasteiger partial charge in [-0.3, -0.25) is 4.79 Å². The zero-order chi connectivity index (χ0) is 9.52. The third-order valence-electron chi connectivity index (χ3n) is 1.84. The van der Waals surface area contributed by atoms with Gasteiger partial charge in [-0.1, -0.05) is 13.3 Å². The van der Waals surface area contributed by atoms with Crippen LogP contribution >= 0.6 is 0 Å². The molecule has 0 fully saturated rings. The summed E-state index contributed by atoms with van der Waals surface area (Å²) < 4.78 is 5.11. The van der Waals surface area contributed by atoms with Gasteiger partial charge in [0.25, 0.3) is 0 Å². The van der Waals surface area contributed by atoms with Gasteiger partial charge < -0.3 is 4.42 Å². The highest BCUT2D eigenvalue weighted by Gasteiger charge is 1.96. The van der Waals surface area contributed by atoms with Gasteiger partial charge in [0, 0.05) is 0 Å². The molecule has 70 valence electrons. The highest BCUT2D eigenvalue weighted by Crippen LogP contribution is 2.11. The van der Waals surface area contributed by atoms with Crippen molar-refractivity contribution >= 4 is 12.4 Å². The van der Waals surface area contributed by atoms with Crippen molar-refractivity contribution in [3.8, 4) is 0 Å². The Labute approximate surface area is 78.3 Å². The van der Waals surface area contributed by atoms with Crippen LogP contribution in [0.3, 0.4) is 0 Å². The van der Waals surface area contributed by atoms with E-state index in [0.717, 1.165) is 36.9 Å². The first-order valence-corrected chi connectivity index (χ1v) is 4.56. The Kier molecular flexibility index (Phi) is 4.03. The monoisotopic (exact) mass is 178 g/mol. The molecular formula is C11H14O2. The van der Waals surface area contributed by atoms with Gasteiger partial charge in [0.05, 0.1) is 6.26 Å². The number of allylic oxidation sites excluding steroid dienone is 1. The molecule has 0 amide bonds. The van der Waals surface area contributed by atoms with E-state index in [9.17, 15) is 4.79 Å². The van der Waals surface area contributed by atoms with Crippen molar-refractivity contribution in [2.24, 2.45) is 0 Å². The topological polar surface area (TPSA) is 30.2 Å². The molecule has 0 aliphatic heterocycles. The van der Waals surface area contributed by atoms with Gasteiger partial charge in [0.15, 0.2) is 0 Å². The zero-order valence-electron chi connectivity index (χ0n) is 7.82. The molecule has 2 nitrogen and oxygen atoms in total. The van der Waals surface area contributed by atoms with Crippen LogP contribution in [-0.4, -0.2) is 6.29 Å². The summed E-state index contributed by atoms with van der Waals surface area (Å²) in [6.07, 6.45) is 7.28. The number of carbonyl (C=O) groups is 1. The predicted octanol–water partition coefficient (Wildman–Crippen LogP) is 3.05. The van der Waals surface area contributed by atoms with Crippen molar-refractivity contribution in [1.82, 2.24) is 0 Å². The number of carbonyl (C=O) groups excluding carboxylic acids is 1. The van der Waals surface area contributed by atoms with Crippen molar-refractivity contribution in [2.45, 2.75) is 26.2 Å². The zero-order valence-corrected chi connectivity index (χ0v) is 7.82. The molecule has 0 saturated heterocycles. The average Bonchev–Trinajstić information content (AvgIpc) is 2.64. The lowest BCUT2D eigenvalue weighted by Gasteiger charge is -1.95. The predicted molar refractivity (Wildman–Crippen MR) is 52.3 cm³/mol. The lowest BCUT2D eigenvalue weighted by molar-refractivity contribution is -0.105. The minimum absolute atomic E-state index is 0.748. The van der Waals surface area contributed by atoms with Crippen LogP contribution in [0.5, 0.6) is 0 Å². The van der Waals surface area contributed by atoms with Crippen molar-refractivity contribution < 1.29 is 9.21 Å². The number of aldehydes is 1. The molecule has 1 heterocycles. The molecule has 1 rings (SSSR count). The van der Waals surface area contributed by atoms with Crippen LogP contribution < -0.4 is 0 Å². The van der Waals surface area contributed by atoms with Crippen molar-refractivity contribution in [2.75, 3.05) is 0 Å². The second kappa shape index (κ2) is 5.36. The number of hydrogen-bond donors (Lipinski definition) is 0. The van der Waals surface area contributed by atoms with Gasteiger partial charge in [-0.05, 0) is 36.6 Å². The SMILES string of the molecule is CCCC/C(C=O)=C\c1ccco1. The fourth-order valence-electron chi connectivity index (χ4n) is 1.10. The van der Waals surface area contributed by atoms with Crippen molar-refractivity contribution in [3.05, 3.63) is 29.7 Å². The largest absolute Gasteiger partial charge is 0.465 e. The molecule has 0 radical (unpaired) electrons. The summed E-state index contributed by atoms with van der Waals surface area (Å²) in [5, 5.41) is 0. The Morgan fingerprint density at radius 3 is 3.00 bits per heavy atom. The summed E-state index contributed by atoms with van der Waals surface area (Å²) in [5.74, 6) is 0.748. The molecule has 13 heavy (non-hydrogen) atoms. The summed E-state index contributed by atoms with van der Waals surface area (Å²) >= 11 is 0. The van der Waals surface area contributed by atoms with E-state index in [4.69, 9.17) is 4.42 Å². The summed E-state index contributed by atoms with van der Waals surface area (Å²) in [4.78, 5) is 10.6. The third-order valence-corrected chi connectivity index (χ3v) is 1.84. The Balaban J connectivity index is 2.60. The summed E-state index contributed by atoms with van der Waals surface area (Å²) in [7, 11) is 0. The smallest absolute Gasteiger partial charge is 0.146 e. The van der Waals surface area contributed by atoms with Crippen molar-refractivity contribution in [1.29, 1.82) is 0 Å². The van der Waals surface area contributed by atoms with Crippen LogP contribution in [0.2, 0.25) is 0 Å². The molecule has 0 atom stereocenters. The first kappa shape index (κ1) is 9.78. The van der Waals surface area contributed by atoms with Crippen LogP contribution in [0.4, 0.5) is 0 Å². The van der Waals surface area contributed by atoms with E-state index in [1.54, 1.807) is 12.3 Å². The number of unbranched alkanes of at least 4 members (excludes halogenated alkanes) is 1. The number of hydrogen-bond acceptors (Lipinski definition) is 2. The minimum atomic E-state index is 0.748. The van der Waals surface area contributed by atoms with Crippen LogP contribution in [0, 0.1) is 0 Å². The Bertz CT molecular complexity index is 270. The maximum absolute atomic E-state index is 10.6. The molecule has 0 unspecified atom stereocenters. The summed E-state index contributed by atoms with van der Waals surface area (Å²) in [6.45, 7) is 2.11. The highest BCUT2D eigenvalue weighted by molar-refractivity contribution is 5.80. The lowest BCUT2D eigenvalue weighted by atomic mass is 10.1. The average molecular weight is 178 g/mol. The molecule has 0 N–H and O–H groups in total. The summed E-state index contributed by atoms with van der Waals surface area (Å²) in [6, 6.07) is 3.66. The molecule has 0 saturated carbocycles. The fraction of sp³-hybridized carbons (Fsp3) is 0.364. The molecule has 0 spiro atoms. The molecule has 0 aliphatic carbocycles. The molecule has 2 heteroatoms. The van der Waals surface area contributed by atoms with Crippen LogP contribution in [0.1, 0.15) is 31.9 Å². The quantitative estimate of drug-likeness (QED) is 0.512. The van der Waals surface area contributed by atoms with Crippen LogP contribution in [0.15, 0.2) is 28.4 Å². The van der Waals surface area contributed by atoms with Gasteiger partial charge >= 0.3 is 0 Å². The third kappa shape index (κ3) is 3.28. The van der Waals surface area contributed by atoms with E-state index in [-0.39, 0.29) is 0 Å². The van der Waals surface area contributed by atoms with E-state index >= 15 is 0 Å². The van der Waals surface area contributed by atoms with E-state index in [1.807, 2.05) is 12.1 Å². The number of furan rings is 1. The van der Waals surface area contributed by atoms with Gasteiger partial charge in [0.2, 0.25) is 0 Å². The van der Waals surface area contributed by atoms with Gasteiger partial charge in [-0.25, -0.2) is 0 Å². The van der Waals surface area contributed by atoms with Gasteiger partial charge in [-0.15, -0.1) is 0 Å². The molecule has 0 aromatic carbocycles. The molecule has 1 aromatic rings. The fourth-order valence-corrected chi connectivity index (χ4v) is 1.10. The molecule has 1 aromatic heterocycles. The van der Waals surface area contributed by atoms with Gasteiger partial charge in [-0.2, -0.15) is 0 Å². The van der Waals surface area contributed by atoms with E-state index in [1.165, 1.54) is 0 Å². The summed E-state index contributed by atoms with van der Waals surface area (Å²) in [5.41, 5.74) is 0.803. The molecule has 0 aliphatic rings. The standard InChI is InChI=1S/C11H14O2/c1-2-3-5-10(9-12)8-11-6-4-7-13-11/h4,6-9H,2-3,5H2,1H3/b10-8+. The first-order valence-electron chi connectivity index (χ1n) is 4.56. The molecule has 0 bridgehead atoms. The highest BCUT2D eigenvalue weighted by atomic mass is 16.3. The van der Waals surface area contributed by atoms with Crippen LogP contribution in [-0.2, 0) is 4.79 Å². The normalized spacial score (nSPS) is 11.6. The Hall–Kier alpha value is -1.31. The van der Waals surface area contributed by atoms with E-state index < -0.39 is 0 Å². The maximum Gasteiger partial charge on any atom is 0.146 e. The molecular weight excluding hydrogens is 164 g/mol. The Morgan fingerprint density at radius 1 is 1.62 bits per heavy atom. The Morgan fingerprint density at radius 2 is 2.46 bits per heavy atom. The van der Waals surface area contributed by atoms with E-state index in [0.29, 0.717) is 0 Å². The maximum atomic E-state index is 10.6. The van der Waals surface area contributed by atoms with E-state index in [2.05, 4.69) is 6.92 Å². The van der Waals surface area contributed by atoms with Crippen LogP contribution in [0.25, 0.3) is 6.08 Å². The minimum Gasteiger partial charge on any atom is -0.465 e. The lowest BCUT2D eigenvalue weighted by Crippen LogP contribution is -1.84. The second-order valence-corrected chi connectivity index (χ2v) is 2.96. The number of rotatable bonds is 5. The van der Waals surface area contributed by atoms with Crippen molar-refractivity contribution in [3.63, 3.8) is 0 Å². The first-order chi connectivity index (χ1) is 6.36.